The van der Waals surface area contributed by atoms with Crippen molar-refractivity contribution in [2.75, 3.05) is 26.8 Å². The normalized spacial score (nSPS) is 18.0. The molecule has 3 aromatic rings. The number of aromatic nitrogens is 4. The van der Waals surface area contributed by atoms with Crippen LogP contribution in [0, 0.1) is 0 Å². The predicted octanol–water partition coefficient (Wildman–Crippen LogP) is 2.82. The average molecular weight is 367 g/mol. The van der Waals surface area contributed by atoms with Crippen molar-refractivity contribution in [3.63, 3.8) is 0 Å². The summed E-state index contributed by atoms with van der Waals surface area (Å²) >= 11 is 0. The van der Waals surface area contributed by atoms with Crippen molar-refractivity contribution in [3.8, 4) is 5.69 Å². The monoisotopic (exact) mass is 367 g/mol. The van der Waals surface area contributed by atoms with E-state index in [2.05, 4.69) is 38.5 Å². The van der Waals surface area contributed by atoms with Crippen LogP contribution in [0.15, 0.2) is 47.2 Å². The van der Waals surface area contributed by atoms with E-state index in [-0.39, 0.29) is 0 Å². The Morgan fingerprint density at radius 3 is 3.00 bits per heavy atom. The van der Waals surface area contributed by atoms with Crippen molar-refractivity contribution >= 4 is 0 Å². The lowest BCUT2D eigenvalue weighted by Crippen LogP contribution is -2.33. The van der Waals surface area contributed by atoms with Gasteiger partial charge in [-0.1, -0.05) is 23.4 Å². The lowest BCUT2D eigenvalue weighted by Gasteiger charge is -2.30. The summed E-state index contributed by atoms with van der Waals surface area (Å²) in [7, 11) is 1.68. The molecule has 2 aromatic heterocycles. The van der Waals surface area contributed by atoms with E-state index >= 15 is 0 Å². The third-order valence-electron chi connectivity index (χ3n) is 4.93. The van der Waals surface area contributed by atoms with Gasteiger partial charge in [-0.05, 0) is 31.5 Å². The van der Waals surface area contributed by atoms with Crippen molar-refractivity contribution < 1.29 is 9.26 Å². The summed E-state index contributed by atoms with van der Waals surface area (Å²) in [4.78, 5) is 7.00. The fourth-order valence-electron chi connectivity index (χ4n) is 3.55. The Labute approximate surface area is 158 Å². The van der Waals surface area contributed by atoms with Gasteiger partial charge in [0.05, 0.1) is 24.4 Å². The Kier molecular flexibility index (Phi) is 5.60. The number of benzene rings is 1. The minimum Gasteiger partial charge on any atom is -0.384 e. The molecule has 1 aromatic carbocycles. The molecule has 0 N–H and O–H groups in total. The molecule has 0 amide bonds. The Morgan fingerprint density at radius 2 is 2.15 bits per heavy atom. The van der Waals surface area contributed by atoms with E-state index in [0.717, 1.165) is 49.9 Å². The van der Waals surface area contributed by atoms with Gasteiger partial charge in [0.25, 0.3) is 0 Å². The molecule has 4 rings (SSSR count). The minimum absolute atomic E-state index is 0.298. The van der Waals surface area contributed by atoms with Crippen LogP contribution in [0.4, 0.5) is 0 Å². The van der Waals surface area contributed by atoms with Crippen molar-refractivity contribution in [3.05, 3.63) is 60.0 Å². The fourth-order valence-corrected chi connectivity index (χ4v) is 3.55. The first-order valence-corrected chi connectivity index (χ1v) is 9.44. The third-order valence-corrected chi connectivity index (χ3v) is 4.93. The van der Waals surface area contributed by atoms with Gasteiger partial charge in [0.1, 0.15) is 0 Å². The highest BCUT2D eigenvalue weighted by Crippen LogP contribution is 2.26. The highest BCUT2D eigenvalue weighted by atomic mass is 16.5. The standard InChI is InChI=1S/C20H25N5O2/c1-26-11-9-19-22-20(27-23-19)17-6-5-10-24(15-17)13-16-12-21-25(14-16)18-7-3-2-4-8-18/h2-4,7-8,12,14,17H,5-6,9-11,13,15H2,1H3/t17-/m1/s1. The van der Waals surface area contributed by atoms with E-state index < -0.39 is 0 Å². The fraction of sp³-hybridized carbons (Fsp3) is 0.450. The summed E-state index contributed by atoms with van der Waals surface area (Å²) in [6.45, 7) is 3.51. The predicted molar refractivity (Wildman–Crippen MR) is 101 cm³/mol. The quantitative estimate of drug-likeness (QED) is 0.640. The zero-order valence-corrected chi connectivity index (χ0v) is 15.6. The summed E-state index contributed by atoms with van der Waals surface area (Å²) in [5.41, 5.74) is 2.29. The maximum absolute atomic E-state index is 5.50. The van der Waals surface area contributed by atoms with Crippen molar-refractivity contribution in [1.82, 2.24) is 24.8 Å². The van der Waals surface area contributed by atoms with Gasteiger partial charge in [0, 0.05) is 38.4 Å². The second-order valence-electron chi connectivity index (χ2n) is 6.99. The van der Waals surface area contributed by atoms with Gasteiger partial charge >= 0.3 is 0 Å². The van der Waals surface area contributed by atoms with E-state index in [4.69, 9.17) is 9.26 Å². The Balaban J connectivity index is 1.37. The zero-order valence-electron chi connectivity index (χ0n) is 15.6. The molecule has 1 saturated heterocycles. The van der Waals surface area contributed by atoms with Crippen LogP contribution in [0.2, 0.25) is 0 Å². The molecular weight excluding hydrogens is 342 g/mol. The molecule has 0 saturated carbocycles. The van der Waals surface area contributed by atoms with Crippen LogP contribution in [-0.4, -0.2) is 51.6 Å². The summed E-state index contributed by atoms with van der Waals surface area (Å²) in [6, 6.07) is 10.2. The number of nitrogens with zero attached hydrogens (tertiary/aromatic N) is 5. The molecule has 27 heavy (non-hydrogen) atoms. The number of methoxy groups -OCH3 is 1. The molecule has 3 heterocycles. The second kappa shape index (κ2) is 8.45. The van der Waals surface area contributed by atoms with Gasteiger partial charge < -0.3 is 9.26 Å². The van der Waals surface area contributed by atoms with Crippen LogP contribution < -0.4 is 0 Å². The smallest absolute Gasteiger partial charge is 0.231 e. The highest BCUT2D eigenvalue weighted by molar-refractivity contribution is 5.30. The van der Waals surface area contributed by atoms with E-state index in [1.165, 1.54) is 5.56 Å². The second-order valence-corrected chi connectivity index (χ2v) is 6.99. The van der Waals surface area contributed by atoms with Crippen LogP contribution in [0.5, 0.6) is 0 Å². The molecule has 1 atom stereocenters. The van der Waals surface area contributed by atoms with E-state index in [0.29, 0.717) is 18.9 Å². The number of likely N-dealkylation sites (tertiary alicyclic amines) is 1. The van der Waals surface area contributed by atoms with Gasteiger partial charge in [-0.3, -0.25) is 4.90 Å². The van der Waals surface area contributed by atoms with Gasteiger partial charge in [-0.2, -0.15) is 10.1 Å². The van der Waals surface area contributed by atoms with Crippen molar-refractivity contribution in [2.45, 2.75) is 31.7 Å². The van der Waals surface area contributed by atoms with Gasteiger partial charge in [-0.15, -0.1) is 0 Å². The van der Waals surface area contributed by atoms with Crippen LogP contribution in [0.1, 0.15) is 36.0 Å². The Bertz CT molecular complexity index is 845. The Morgan fingerprint density at radius 1 is 1.26 bits per heavy atom. The van der Waals surface area contributed by atoms with E-state index in [1.807, 2.05) is 29.1 Å². The number of rotatable bonds is 7. The lowest BCUT2D eigenvalue weighted by molar-refractivity contribution is 0.180. The first kappa shape index (κ1) is 17.9. The Hall–Kier alpha value is -2.51. The first-order chi connectivity index (χ1) is 13.3. The summed E-state index contributed by atoms with van der Waals surface area (Å²) in [6.07, 6.45) is 6.97. The third kappa shape index (κ3) is 4.43. The number of hydrogen-bond acceptors (Lipinski definition) is 6. The van der Waals surface area contributed by atoms with Crippen molar-refractivity contribution in [2.24, 2.45) is 0 Å². The molecule has 7 nitrogen and oxygen atoms in total. The molecule has 0 unspecified atom stereocenters. The lowest BCUT2D eigenvalue weighted by atomic mass is 9.97. The van der Waals surface area contributed by atoms with Crippen LogP contribution in [0.25, 0.3) is 5.69 Å². The minimum atomic E-state index is 0.298. The van der Waals surface area contributed by atoms with Crippen molar-refractivity contribution in [1.29, 1.82) is 0 Å². The number of ether oxygens (including phenoxy) is 1. The molecular formula is C20H25N5O2. The molecule has 0 spiro atoms. The molecule has 0 bridgehead atoms. The molecule has 7 heteroatoms. The molecule has 0 radical (unpaired) electrons. The number of piperidine rings is 1. The topological polar surface area (TPSA) is 69.2 Å². The highest BCUT2D eigenvalue weighted by Gasteiger charge is 2.26. The van der Waals surface area contributed by atoms with Crippen LogP contribution in [0.3, 0.4) is 0 Å². The molecule has 142 valence electrons. The first-order valence-electron chi connectivity index (χ1n) is 9.44. The largest absolute Gasteiger partial charge is 0.384 e. The zero-order chi connectivity index (χ0) is 18.5. The maximum atomic E-state index is 5.50. The van der Waals surface area contributed by atoms with Gasteiger partial charge in [0.2, 0.25) is 5.89 Å². The van der Waals surface area contributed by atoms with E-state index in [1.54, 1.807) is 7.11 Å². The molecule has 1 aliphatic rings. The molecule has 1 aliphatic heterocycles. The molecule has 1 fully saturated rings. The number of para-hydroxylation sites is 1. The maximum Gasteiger partial charge on any atom is 0.231 e. The number of hydrogen-bond donors (Lipinski definition) is 0. The summed E-state index contributed by atoms with van der Waals surface area (Å²) in [5.74, 6) is 1.78. The van der Waals surface area contributed by atoms with Gasteiger partial charge in [0.15, 0.2) is 5.82 Å². The SMILES string of the molecule is COCCc1noc([C@@H]2CCCN(Cc3cnn(-c4ccccc4)c3)C2)n1. The van der Waals surface area contributed by atoms with Crippen LogP contribution >= 0.6 is 0 Å². The average Bonchev–Trinajstić information content (AvgIpc) is 3.37. The van der Waals surface area contributed by atoms with E-state index in [9.17, 15) is 0 Å². The van der Waals surface area contributed by atoms with Crippen LogP contribution in [-0.2, 0) is 17.7 Å². The van der Waals surface area contributed by atoms with Gasteiger partial charge in [-0.25, -0.2) is 4.68 Å². The summed E-state index contributed by atoms with van der Waals surface area (Å²) in [5, 5.41) is 8.58. The molecule has 0 aliphatic carbocycles. The summed E-state index contributed by atoms with van der Waals surface area (Å²) < 4.78 is 12.5.